The van der Waals surface area contributed by atoms with E-state index in [1.165, 1.54) is 23.1 Å². The zero-order chi connectivity index (χ0) is 18.9. The molecule has 9 heteroatoms. The molecule has 0 fully saturated rings. The van der Waals surface area contributed by atoms with Crippen LogP contribution < -0.4 is 10.6 Å². The number of ether oxygens (including phenoxy) is 1. The fraction of sp³-hybridized carbons (Fsp3) is 0.412. The molecule has 1 heterocycles. The Kier molecular flexibility index (Phi) is 7.86. The first-order valence-electron chi connectivity index (χ1n) is 8.29. The van der Waals surface area contributed by atoms with Crippen LogP contribution in [0, 0.1) is 0 Å². The minimum absolute atomic E-state index is 0.147. The van der Waals surface area contributed by atoms with E-state index in [0.717, 1.165) is 22.4 Å². The number of carbonyl (C=O) groups is 2. The molecule has 0 spiro atoms. The lowest BCUT2D eigenvalue weighted by molar-refractivity contribution is -0.113. The number of esters is 1. The van der Waals surface area contributed by atoms with Gasteiger partial charge in [-0.25, -0.2) is 4.79 Å². The number of anilines is 2. The third-order valence-electron chi connectivity index (χ3n) is 3.01. The molecule has 2 N–H and O–H groups in total. The Hall–Kier alpha value is -2.13. The standard InChI is InChI=1S/C17H22N4O3S2/c1-4-9-18-16-20-21-17(26-16)25-10-14(22)19-13-7-5-12(6-8-13)15(23)24-11(2)3/h5-8,11H,4,9-10H2,1-3H3,(H,18,20)(H,19,22). The Bertz CT molecular complexity index is 732. The van der Waals surface area contributed by atoms with E-state index in [1.807, 2.05) is 0 Å². The molecule has 0 aliphatic heterocycles. The highest BCUT2D eigenvalue weighted by Gasteiger charge is 2.11. The van der Waals surface area contributed by atoms with E-state index in [2.05, 4.69) is 27.8 Å². The summed E-state index contributed by atoms with van der Waals surface area (Å²) < 4.78 is 5.87. The summed E-state index contributed by atoms with van der Waals surface area (Å²) in [5.74, 6) is -0.289. The number of carbonyl (C=O) groups excluding carboxylic acids is 2. The first-order chi connectivity index (χ1) is 12.5. The van der Waals surface area contributed by atoms with Gasteiger partial charge in [0.05, 0.1) is 17.4 Å². The molecule has 0 saturated heterocycles. The number of nitrogens with zero attached hydrogens (tertiary/aromatic N) is 2. The van der Waals surface area contributed by atoms with E-state index in [9.17, 15) is 9.59 Å². The normalized spacial score (nSPS) is 10.6. The second-order valence-corrected chi connectivity index (χ2v) is 7.87. The Morgan fingerprint density at radius 1 is 1.23 bits per heavy atom. The third kappa shape index (κ3) is 6.64. The molecule has 0 atom stereocenters. The molecule has 2 aromatic rings. The Morgan fingerprint density at radius 2 is 1.96 bits per heavy atom. The molecular formula is C17H22N4O3S2. The number of rotatable bonds is 9. The van der Waals surface area contributed by atoms with E-state index in [4.69, 9.17) is 4.74 Å². The van der Waals surface area contributed by atoms with Crippen molar-refractivity contribution in [3.63, 3.8) is 0 Å². The zero-order valence-electron chi connectivity index (χ0n) is 14.9. The zero-order valence-corrected chi connectivity index (χ0v) is 16.6. The van der Waals surface area contributed by atoms with Crippen LogP contribution in [-0.2, 0) is 9.53 Å². The van der Waals surface area contributed by atoms with E-state index in [1.54, 1.807) is 38.1 Å². The molecule has 0 radical (unpaired) electrons. The van der Waals surface area contributed by atoms with Gasteiger partial charge in [0.1, 0.15) is 0 Å². The number of benzene rings is 1. The maximum atomic E-state index is 12.0. The van der Waals surface area contributed by atoms with Gasteiger partial charge in [0, 0.05) is 12.2 Å². The van der Waals surface area contributed by atoms with E-state index < -0.39 is 0 Å². The maximum Gasteiger partial charge on any atom is 0.338 e. The van der Waals surface area contributed by atoms with Gasteiger partial charge >= 0.3 is 5.97 Å². The summed E-state index contributed by atoms with van der Waals surface area (Å²) in [5, 5.41) is 14.8. The van der Waals surface area contributed by atoms with Crippen LogP contribution in [0.25, 0.3) is 0 Å². The summed E-state index contributed by atoms with van der Waals surface area (Å²) in [6, 6.07) is 6.61. The van der Waals surface area contributed by atoms with Crippen LogP contribution in [0.3, 0.4) is 0 Å². The predicted octanol–water partition coefficient (Wildman–Crippen LogP) is 3.66. The number of amides is 1. The van der Waals surface area contributed by atoms with Crippen LogP contribution >= 0.6 is 23.1 Å². The lowest BCUT2D eigenvalue weighted by Gasteiger charge is -2.08. The number of hydrogen-bond donors (Lipinski definition) is 2. The second kappa shape index (κ2) is 10.1. The van der Waals surface area contributed by atoms with Gasteiger partial charge in [0.2, 0.25) is 11.0 Å². The quantitative estimate of drug-likeness (QED) is 0.495. The van der Waals surface area contributed by atoms with Crippen molar-refractivity contribution in [1.29, 1.82) is 0 Å². The van der Waals surface area contributed by atoms with Gasteiger partial charge in [-0.1, -0.05) is 30.0 Å². The fourth-order valence-electron chi connectivity index (χ4n) is 1.87. The smallest absolute Gasteiger partial charge is 0.338 e. The second-order valence-electron chi connectivity index (χ2n) is 5.67. The minimum Gasteiger partial charge on any atom is -0.459 e. The summed E-state index contributed by atoms with van der Waals surface area (Å²) >= 11 is 2.76. The minimum atomic E-state index is -0.378. The van der Waals surface area contributed by atoms with E-state index in [0.29, 0.717) is 11.3 Å². The van der Waals surface area contributed by atoms with Gasteiger partial charge in [-0.15, -0.1) is 10.2 Å². The van der Waals surface area contributed by atoms with E-state index >= 15 is 0 Å². The van der Waals surface area contributed by atoms with Crippen LogP contribution in [0.4, 0.5) is 10.8 Å². The average Bonchev–Trinajstić information content (AvgIpc) is 3.06. The molecule has 26 heavy (non-hydrogen) atoms. The largest absolute Gasteiger partial charge is 0.459 e. The van der Waals surface area contributed by atoms with Crippen molar-refractivity contribution in [1.82, 2.24) is 10.2 Å². The van der Waals surface area contributed by atoms with Gasteiger partial charge in [-0.3, -0.25) is 4.79 Å². The van der Waals surface area contributed by atoms with Gasteiger partial charge < -0.3 is 15.4 Å². The number of thioether (sulfide) groups is 1. The number of aromatic nitrogens is 2. The van der Waals surface area contributed by atoms with Crippen molar-refractivity contribution in [2.24, 2.45) is 0 Å². The van der Waals surface area contributed by atoms with Crippen molar-refractivity contribution in [2.75, 3.05) is 22.9 Å². The maximum absolute atomic E-state index is 12.0. The highest BCUT2D eigenvalue weighted by atomic mass is 32.2. The monoisotopic (exact) mass is 394 g/mol. The van der Waals surface area contributed by atoms with Crippen molar-refractivity contribution < 1.29 is 14.3 Å². The molecular weight excluding hydrogens is 372 g/mol. The predicted molar refractivity (Wildman–Crippen MR) is 105 cm³/mol. The van der Waals surface area contributed by atoms with Crippen LogP contribution in [-0.4, -0.2) is 40.5 Å². The Labute approximate surface area is 160 Å². The molecule has 0 unspecified atom stereocenters. The fourth-order valence-corrected chi connectivity index (χ4v) is 3.45. The molecule has 1 amide bonds. The molecule has 0 aliphatic rings. The number of hydrogen-bond acceptors (Lipinski definition) is 8. The summed E-state index contributed by atoms with van der Waals surface area (Å²) in [4.78, 5) is 23.8. The summed E-state index contributed by atoms with van der Waals surface area (Å²) in [5.41, 5.74) is 1.08. The molecule has 0 aliphatic carbocycles. The SMILES string of the molecule is CCCNc1nnc(SCC(=O)Nc2ccc(C(=O)OC(C)C)cc2)s1. The molecule has 0 bridgehead atoms. The van der Waals surface area contributed by atoms with E-state index in [-0.39, 0.29) is 23.7 Å². The summed E-state index contributed by atoms with van der Waals surface area (Å²) in [6.07, 6.45) is 0.843. The summed E-state index contributed by atoms with van der Waals surface area (Å²) in [7, 11) is 0. The first-order valence-corrected chi connectivity index (χ1v) is 10.1. The van der Waals surface area contributed by atoms with Crippen LogP contribution in [0.2, 0.25) is 0 Å². The van der Waals surface area contributed by atoms with Crippen molar-refractivity contribution >= 4 is 45.8 Å². The Balaban J connectivity index is 1.80. The van der Waals surface area contributed by atoms with Gasteiger partial charge in [0.25, 0.3) is 0 Å². The highest BCUT2D eigenvalue weighted by molar-refractivity contribution is 8.01. The van der Waals surface area contributed by atoms with Crippen LogP contribution in [0.15, 0.2) is 28.6 Å². The average molecular weight is 395 g/mol. The lowest BCUT2D eigenvalue weighted by Crippen LogP contribution is -2.14. The molecule has 7 nitrogen and oxygen atoms in total. The number of nitrogens with one attached hydrogen (secondary N) is 2. The van der Waals surface area contributed by atoms with Crippen molar-refractivity contribution in [2.45, 2.75) is 37.6 Å². The molecule has 0 saturated carbocycles. The van der Waals surface area contributed by atoms with Crippen LogP contribution in [0.1, 0.15) is 37.6 Å². The van der Waals surface area contributed by atoms with Crippen LogP contribution in [0.5, 0.6) is 0 Å². The summed E-state index contributed by atoms with van der Waals surface area (Å²) in [6.45, 7) is 6.52. The van der Waals surface area contributed by atoms with Crippen molar-refractivity contribution in [3.05, 3.63) is 29.8 Å². The van der Waals surface area contributed by atoms with Gasteiger partial charge in [0.15, 0.2) is 4.34 Å². The molecule has 1 aromatic heterocycles. The Morgan fingerprint density at radius 3 is 2.62 bits per heavy atom. The third-order valence-corrected chi connectivity index (χ3v) is 5.02. The molecule has 140 valence electrons. The topological polar surface area (TPSA) is 93.2 Å². The molecule has 1 aromatic carbocycles. The molecule has 2 rings (SSSR count). The lowest BCUT2D eigenvalue weighted by atomic mass is 10.2. The van der Waals surface area contributed by atoms with Gasteiger partial charge in [-0.2, -0.15) is 0 Å². The van der Waals surface area contributed by atoms with Gasteiger partial charge in [-0.05, 0) is 44.5 Å². The highest BCUT2D eigenvalue weighted by Crippen LogP contribution is 2.25. The van der Waals surface area contributed by atoms with Crippen molar-refractivity contribution in [3.8, 4) is 0 Å². The first kappa shape index (κ1) is 20.2.